The first-order valence-corrected chi connectivity index (χ1v) is 10.2. The molecule has 0 aliphatic carbocycles. The topological polar surface area (TPSA) is 59.9 Å². The van der Waals surface area contributed by atoms with Crippen LogP contribution in [0.1, 0.15) is 5.56 Å². The highest BCUT2D eigenvalue weighted by atomic mass is 19.4. The molecule has 5 nitrogen and oxygen atoms in total. The van der Waals surface area contributed by atoms with Crippen molar-refractivity contribution < 1.29 is 35.5 Å². The normalized spacial score (nSPS) is 11.9. The summed E-state index contributed by atoms with van der Waals surface area (Å²) >= 11 is 0. The summed E-state index contributed by atoms with van der Waals surface area (Å²) in [6.45, 7) is -1.70. The van der Waals surface area contributed by atoms with E-state index in [-0.39, 0.29) is 28.6 Å². The molecule has 0 saturated carbocycles. The maximum atomic E-state index is 14.3. The van der Waals surface area contributed by atoms with Gasteiger partial charge < -0.3 is 10.1 Å². The summed E-state index contributed by atoms with van der Waals surface area (Å²) in [6.07, 6.45) is -9.30. The van der Waals surface area contributed by atoms with Crippen molar-refractivity contribution in [1.82, 2.24) is 15.0 Å². The third kappa shape index (κ3) is 6.26. The van der Waals surface area contributed by atoms with Crippen LogP contribution in [-0.2, 0) is 6.18 Å². The Morgan fingerprint density at radius 3 is 2.19 bits per heavy atom. The molecule has 0 aliphatic rings. The van der Waals surface area contributed by atoms with Gasteiger partial charge in [-0.15, -0.1) is 0 Å². The van der Waals surface area contributed by atoms with Gasteiger partial charge in [-0.1, -0.05) is 42.5 Å². The Bertz CT molecular complexity index is 1370. The number of nitrogens with one attached hydrogen (secondary N) is 1. The van der Waals surface area contributed by atoms with Gasteiger partial charge in [0.25, 0.3) is 0 Å². The van der Waals surface area contributed by atoms with Gasteiger partial charge >= 0.3 is 18.4 Å². The van der Waals surface area contributed by atoms with E-state index >= 15 is 0 Å². The van der Waals surface area contributed by atoms with Crippen molar-refractivity contribution in [1.29, 1.82) is 0 Å². The van der Waals surface area contributed by atoms with Crippen molar-refractivity contribution in [2.24, 2.45) is 0 Å². The minimum Gasteiger partial charge on any atom is -0.454 e. The summed E-state index contributed by atoms with van der Waals surface area (Å²) in [7, 11) is 0. The molecule has 0 unspecified atom stereocenters. The summed E-state index contributed by atoms with van der Waals surface area (Å²) in [5.74, 6) is -0.992. The summed E-state index contributed by atoms with van der Waals surface area (Å²) in [4.78, 5) is 11.8. The van der Waals surface area contributed by atoms with Crippen molar-refractivity contribution in [3.8, 4) is 28.5 Å². The second-order valence-corrected chi connectivity index (χ2v) is 7.43. The van der Waals surface area contributed by atoms with E-state index in [2.05, 4.69) is 25.0 Å². The quantitative estimate of drug-likeness (QED) is 0.283. The summed E-state index contributed by atoms with van der Waals surface area (Å²) < 4.78 is 96.1. The Kier molecular flexibility index (Phi) is 6.77. The maximum Gasteiger partial charge on any atom is 0.422 e. The van der Waals surface area contributed by atoms with E-state index in [9.17, 15) is 30.7 Å². The number of rotatable bonds is 6. The molecule has 1 N–H and O–H groups in total. The lowest BCUT2D eigenvalue weighted by Gasteiger charge is -2.13. The Labute approximate surface area is 199 Å². The van der Waals surface area contributed by atoms with E-state index in [1.165, 1.54) is 30.3 Å². The van der Waals surface area contributed by atoms with E-state index < -0.39 is 36.4 Å². The minimum atomic E-state index is -4.69. The molecule has 0 aliphatic heterocycles. The summed E-state index contributed by atoms with van der Waals surface area (Å²) in [5.41, 5.74) is -0.0284. The predicted molar refractivity (Wildman–Crippen MR) is 117 cm³/mol. The first-order chi connectivity index (χ1) is 17.0. The monoisotopic (exact) mass is 508 g/mol. The van der Waals surface area contributed by atoms with Crippen LogP contribution in [0, 0.1) is 5.82 Å². The molecule has 3 aromatic carbocycles. The van der Waals surface area contributed by atoms with Gasteiger partial charge in [0.05, 0.1) is 5.56 Å². The van der Waals surface area contributed by atoms with Crippen molar-refractivity contribution >= 4 is 11.6 Å². The molecule has 4 aromatic rings. The van der Waals surface area contributed by atoms with Crippen LogP contribution < -0.4 is 10.1 Å². The SMILES string of the molecule is Fc1ccccc1-c1cccc(-c2nc(Nc3cccc(C(F)(F)F)c3)nc(OCC(F)(F)F)n2)c1. The van der Waals surface area contributed by atoms with Gasteiger partial charge in [-0.2, -0.15) is 41.3 Å². The van der Waals surface area contributed by atoms with Gasteiger partial charge in [0.2, 0.25) is 5.95 Å². The fourth-order valence-corrected chi connectivity index (χ4v) is 3.18. The molecular formula is C24H15F7N4O. The zero-order chi connectivity index (χ0) is 25.9. The fourth-order valence-electron chi connectivity index (χ4n) is 3.18. The van der Waals surface area contributed by atoms with E-state index in [4.69, 9.17) is 0 Å². The second-order valence-electron chi connectivity index (χ2n) is 7.43. The molecule has 4 rings (SSSR count). The second kappa shape index (κ2) is 9.80. The molecule has 0 amide bonds. The van der Waals surface area contributed by atoms with Crippen molar-refractivity contribution in [3.05, 3.63) is 84.2 Å². The lowest BCUT2D eigenvalue weighted by Crippen LogP contribution is -2.20. The molecule has 36 heavy (non-hydrogen) atoms. The van der Waals surface area contributed by atoms with Crippen LogP contribution in [0.5, 0.6) is 6.01 Å². The van der Waals surface area contributed by atoms with Crippen LogP contribution in [0.4, 0.5) is 42.4 Å². The lowest BCUT2D eigenvalue weighted by molar-refractivity contribution is -0.154. The number of hydrogen-bond acceptors (Lipinski definition) is 5. The van der Waals surface area contributed by atoms with Crippen LogP contribution in [-0.4, -0.2) is 27.7 Å². The number of anilines is 2. The fraction of sp³-hybridized carbons (Fsp3) is 0.125. The van der Waals surface area contributed by atoms with Crippen molar-refractivity contribution in [3.63, 3.8) is 0 Å². The molecule has 1 heterocycles. The lowest BCUT2D eigenvalue weighted by atomic mass is 10.0. The summed E-state index contributed by atoms with van der Waals surface area (Å²) in [6, 6.07) is 15.6. The smallest absolute Gasteiger partial charge is 0.422 e. The van der Waals surface area contributed by atoms with Crippen LogP contribution in [0.2, 0.25) is 0 Å². The van der Waals surface area contributed by atoms with Crippen molar-refractivity contribution in [2.75, 3.05) is 11.9 Å². The van der Waals surface area contributed by atoms with Gasteiger partial charge in [0, 0.05) is 16.8 Å². The van der Waals surface area contributed by atoms with Crippen LogP contribution in [0.3, 0.4) is 0 Å². The number of ether oxygens (including phenoxy) is 1. The highest BCUT2D eigenvalue weighted by Crippen LogP contribution is 2.32. The zero-order valence-electron chi connectivity index (χ0n) is 18.0. The number of halogens is 7. The van der Waals surface area contributed by atoms with Gasteiger partial charge in [0.15, 0.2) is 12.4 Å². The van der Waals surface area contributed by atoms with E-state index in [1.54, 1.807) is 24.3 Å². The number of benzene rings is 3. The van der Waals surface area contributed by atoms with E-state index in [0.29, 0.717) is 5.56 Å². The number of hydrogen-bond donors (Lipinski definition) is 1. The Hall–Kier alpha value is -4.22. The first-order valence-electron chi connectivity index (χ1n) is 10.2. The zero-order valence-corrected chi connectivity index (χ0v) is 18.0. The molecule has 0 saturated heterocycles. The van der Waals surface area contributed by atoms with Gasteiger partial charge in [0.1, 0.15) is 5.82 Å². The number of alkyl halides is 6. The number of aromatic nitrogens is 3. The van der Waals surface area contributed by atoms with E-state index in [1.807, 2.05) is 0 Å². The largest absolute Gasteiger partial charge is 0.454 e. The third-order valence-corrected chi connectivity index (χ3v) is 4.73. The average molecular weight is 508 g/mol. The molecular weight excluding hydrogens is 493 g/mol. The molecule has 12 heteroatoms. The van der Waals surface area contributed by atoms with Crippen LogP contribution in [0.15, 0.2) is 72.8 Å². The van der Waals surface area contributed by atoms with Crippen molar-refractivity contribution in [2.45, 2.75) is 12.4 Å². The Morgan fingerprint density at radius 1 is 0.750 bits per heavy atom. The molecule has 1 aromatic heterocycles. The van der Waals surface area contributed by atoms with Crippen LogP contribution >= 0.6 is 0 Å². The first kappa shape index (κ1) is 24.9. The molecule has 186 valence electrons. The van der Waals surface area contributed by atoms with Gasteiger partial charge in [-0.05, 0) is 35.9 Å². The Morgan fingerprint density at radius 2 is 1.47 bits per heavy atom. The Balaban J connectivity index is 1.73. The average Bonchev–Trinajstić information content (AvgIpc) is 2.82. The number of nitrogens with zero attached hydrogens (tertiary/aromatic N) is 3. The van der Waals surface area contributed by atoms with Gasteiger partial charge in [-0.25, -0.2) is 4.39 Å². The minimum absolute atomic E-state index is 0.0659. The highest BCUT2D eigenvalue weighted by Gasteiger charge is 2.31. The predicted octanol–water partition coefficient (Wildman–Crippen LogP) is 7.05. The third-order valence-electron chi connectivity index (χ3n) is 4.73. The molecule has 0 atom stereocenters. The van der Waals surface area contributed by atoms with E-state index in [0.717, 1.165) is 18.2 Å². The standard InChI is InChI=1S/C24H15F7N4O/c25-19-10-2-1-9-18(19)14-5-3-6-15(11-14)20-33-21(35-22(34-20)36-13-23(26,27)28)32-17-8-4-7-16(12-17)24(29,30)31/h1-12H,13H2,(H,32,33,34,35). The van der Waals surface area contributed by atoms with Crippen LogP contribution in [0.25, 0.3) is 22.5 Å². The highest BCUT2D eigenvalue weighted by molar-refractivity contribution is 5.71. The molecule has 0 spiro atoms. The van der Waals surface area contributed by atoms with Gasteiger partial charge in [-0.3, -0.25) is 0 Å². The molecule has 0 bridgehead atoms. The molecule has 0 radical (unpaired) electrons. The summed E-state index contributed by atoms with van der Waals surface area (Å²) in [5, 5.41) is 2.54. The molecule has 0 fully saturated rings. The maximum absolute atomic E-state index is 14.3.